The third-order valence-corrected chi connectivity index (χ3v) is 2.49. The van der Waals surface area contributed by atoms with Crippen LogP contribution in [0.2, 0.25) is 10.0 Å². The van der Waals surface area contributed by atoms with Gasteiger partial charge >= 0.3 is 5.97 Å². The Kier molecular flexibility index (Phi) is 4.96. The zero-order valence-corrected chi connectivity index (χ0v) is 9.93. The number of carbonyl (C=O) groups is 1. The van der Waals surface area contributed by atoms with Crippen LogP contribution in [0.25, 0.3) is 0 Å². The van der Waals surface area contributed by atoms with E-state index in [1.807, 2.05) is 0 Å². The van der Waals surface area contributed by atoms with Gasteiger partial charge in [0, 0.05) is 15.6 Å². The van der Waals surface area contributed by atoms with Gasteiger partial charge in [0.05, 0.1) is 6.42 Å². The molecule has 0 aliphatic carbocycles. The van der Waals surface area contributed by atoms with Crippen molar-refractivity contribution in [2.45, 2.75) is 12.8 Å². The normalized spacial score (nSPS) is 10.6. The molecule has 7 heteroatoms. The van der Waals surface area contributed by atoms with E-state index in [0.29, 0.717) is 0 Å². The van der Waals surface area contributed by atoms with Gasteiger partial charge in [0.25, 0.3) is 6.43 Å². The summed E-state index contributed by atoms with van der Waals surface area (Å²) < 4.78 is 28.5. The van der Waals surface area contributed by atoms with Crippen LogP contribution in [-0.2, 0) is 11.2 Å². The maximum absolute atomic E-state index is 11.9. The maximum Gasteiger partial charge on any atom is 0.307 e. The summed E-state index contributed by atoms with van der Waals surface area (Å²) in [5, 5.41) is 8.76. The second kappa shape index (κ2) is 6.02. The molecule has 0 radical (unpaired) electrons. The van der Waals surface area contributed by atoms with Crippen LogP contribution in [0.4, 0.5) is 8.78 Å². The summed E-state index contributed by atoms with van der Waals surface area (Å²) in [5.74, 6) is -1.01. The highest BCUT2D eigenvalue weighted by Crippen LogP contribution is 2.30. The molecule has 0 aliphatic rings. The molecule has 0 atom stereocenters. The molecule has 0 aromatic heterocycles. The first-order valence-corrected chi connectivity index (χ1v) is 5.26. The fourth-order valence-electron chi connectivity index (χ4n) is 1.14. The monoisotopic (exact) mass is 284 g/mol. The second-order valence-corrected chi connectivity index (χ2v) is 3.95. The molecule has 0 heterocycles. The lowest BCUT2D eigenvalue weighted by Crippen LogP contribution is -2.07. The minimum Gasteiger partial charge on any atom is -0.488 e. The number of halogens is 4. The standard InChI is InChI=1S/C10H8Cl2F2O3/c11-7-1-5(17-4-9(13)14)2-8(12)6(7)3-10(15)16/h1-2,9H,3-4H2,(H,15,16). The minimum absolute atomic E-state index is 0.0733. The molecule has 0 spiro atoms. The summed E-state index contributed by atoms with van der Waals surface area (Å²) in [4.78, 5) is 10.5. The lowest BCUT2D eigenvalue weighted by Gasteiger charge is -2.09. The van der Waals surface area contributed by atoms with Gasteiger partial charge in [-0.25, -0.2) is 8.78 Å². The Morgan fingerprint density at radius 1 is 1.35 bits per heavy atom. The Morgan fingerprint density at radius 3 is 2.29 bits per heavy atom. The third kappa shape index (κ3) is 4.36. The molecular weight excluding hydrogens is 277 g/mol. The first-order chi connectivity index (χ1) is 7.90. The van der Waals surface area contributed by atoms with Gasteiger partial charge in [-0.2, -0.15) is 0 Å². The molecule has 1 aromatic rings. The van der Waals surface area contributed by atoms with E-state index in [1.165, 1.54) is 12.1 Å². The molecule has 1 N–H and O–H groups in total. The average Bonchev–Trinajstić information content (AvgIpc) is 2.20. The summed E-state index contributed by atoms with van der Waals surface area (Å²) in [6.45, 7) is -0.773. The smallest absolute Gasteiger partial charge is 0.307 e. The van der Waals surface area contributed by atoms with Crippen molar-refractivity contribution in [2.24, 2.45) is 0 Å². The Morgan fingerprint density at radius 2 is 1.88 bits per heavy atom. The van der Waals surface area contributed by atoms with Gasteiger partial charge in [0.2, 0.25) is 0 Å². The van der Waals surface area contributed by atoms with Crippen LogP contribution in [-0.4, -0.2) is 24.1 Å². The van der Waals surface area contributed by atoms with Crippen LogP contribution in [0.3, 0.4) is 0 Å². The van der Waals surface area contributed by atoms with Crippen molar-refractivity contribution >= 4 is 29.2 Å². The van der Waals surface area contributed by atoms with Crippen LogP contribution < -0.4 is 4.74 Å². The fourth-order valence-corrected chi connectivity index (χ4v) is 1.74. The Balaban J connectivity index is 2.89. The number of hydrogen-bond donors (Lipinski definition) is 1. The number of ether oxygens (including phenoxy) is 1. The maximum atomic E-state index is 11.9. The predicted octanol–water partition coefficient (Wildman–Crippen LogP) is 3.26. The van der Waals surface area contributed by atoms with Crippen molar-refractivity contribution in [3.63, 3.8) is 0 Å². The highest BCUT2D eigenvalue weighted by atomic mass is 35.5. The summed E-state index contributed by atoms with van der Waals surface area (Å²) in [6.07, 6.45) is -2.95. The van der Waals surface area contributed by atoms with Crippen LogP contribution in [0.1, 0.15) is 5.56 Å². The van der Waals surface area contributed by atoms with Crippen LogP contribution >= 0.6 is 23.2 Å². The molecular formula is C10H8Cl2F2O3. The zero-order chi connectivity index (χ0) is 13.0. The van der Waals surface area contributed by atoms with Gasteiger partial charge in [-0.05, 0) is 12.1 Å². The van der Waals surface area contributed by atoms with Gasteiger partial charge in [-0.1, -0.05) is 23.2 Å². The van der Waals surface area contributed by atoms with Gasteiger partial charge in [-0.3, -0.25) is 4.79 Å². The van der Waals surface area contributed by atoms with E-state index in [-0.39, 0.29) is 27.8 Å². The molecule has 94 valence electrons. The fraction of sp³-hybridized carbons (Fsp3) is 0.300. The van der Waals surface area contributed by atoms with Gasteiger partial charge in [0.15, 0.2) is 0 Å². The van der Waals surface area contributed by atoms with E-state index < -0.39 is 19.0 Å². The largest absolute Gasteiger partial charge is 0.488 e. The molecule has 1 rings (SSSR count). The van der Waals surface area contributed by atoms with E-state index in [1.54, 1.807) is 0 Å². The number of carboxylic acid groups (broad SMARTS) is 1. The van der Waals surface area contributed by atoms with Crippen molar-refractivity contribution in [2.75, 3.05) is 6.61 Å². The number of hydrogen-bond acceptors (Lipinski definition) is 2. The summed E-state index contributed by atoms with van der Waals surface area (Å²) in [7, 11) is 0. The Labute approximate surface area is 106 Å². The van der Waals surface area contributed by atoms with Crippen molar-refractivity contribution in [3.8, 4) is 5.75 Å². The highest BCUT2D eigenvalue weighted by Gasteiger charge is 2.13. The third-order valence-electron chi connectivity index (χ3n) is 1.82. The first-order valence-electron chi connectivity index (χ1n) is 4.50. The lowest BCUT2D eigenvalue weighted by atomic mass is 10.1. The lowest BCUT2D eigenvalue weighted by molar-refractivity contribution is -0.136. The van der Waals surface area contributed by atoms with Crippen molar-refractivity contribution in [1.29, 1.82) is 0 Å². The van der Waals surface area contributed by atoms with Crippen LogP contribution in [0.15, 0.2) is 12.1 Å². The van der Waals surface area contributed by atoms with Crippen molar-refractivity contribution in [1.82, 2.24) is 0 Å². The number of rotatable bonds is 5. The number of alkyl halides is 2. The number of benzene rings is 1. The van der Waals surface area contributed by atoms with Gasteiger partial charge < -0.3 is 9.84 Å². The molecule has 1 aromatic carbocycles. The van der Waals surface area contributed by atoms with Crippen molar-refractivity contribution in [3.05, 3.63) is 27.7 Å². The van der Waals surface area contributed by atoms with E-state index in [0.717, 1.165) is 0 Å². The predicted molar refractivity (Wildman–Crippen MR) is 59.3 cm³/mol. The zero-order valence-electron chi connectivity index (χ0n) is 8.42. The Hall–Kier alpha value is -1.07. The van der Waals surface area contributed by atoms with Crippen LogP contribution in [0, 0.1) is 0 Å². The molecule has 0 saturated carbocycles. The minimum atomic E-state index is -2.61. The van der Waals surface area contributed by atoms with E-state index in [4.69, 9.17) is 33.0 Å². The van der Waals surface area contributed by atoms with Gasteiger partial charge in [0.1, 0.15) is 12.4 Å². The molecule has 0 bridgehead atoms. The first kappa shape index (κ1) is 14.0. The molecule has 0 unspecified atom stereocenters. The average molecular weight is 285 g/mol. The molecule has 0 amide bonds. The van der Waals surface area contributed by atoms with Gasteiger partial charge in [-0.15, -0.1) is 0 Å². The quantitative estimate of drug-likeness (QED) is 0.903. The molecule has 3 nitrogen and oxygen atoms in total. The SMILES string of the molecule is O=C(O)Cc1c(Cl)cc(OCC(F)F)cc1Cl. The highest BCUT2D eigenvalue weighted by molar-refractivity contribution is 6.36. The van der Waals surface area contributed by atoms with Crippen molar-refractivity contribution < 1.29 is 23.4 Å². The van der Waals surface area contributed by atoms with E-state index in [2.05, 4.69) is 0 Å². The molecule has 0 fully saturated rings. The summed E-state index contributed by atoms with van der Waals surface area (Å²) in [6, 6.07) is 2.52. The Bertz CT molecular complexity index is 401. The molecule has 17 heavy (non-hydrogen) atoms. The van der Waals surface area contributed by atoms with E-state index in [9.17, 15) is 13.6 Å². The van der Waals surface area contributed by atoms with E-state index >= 15 is 0 Å². The second-order valence-electron chi connectivity index (χ2n) is 3.14. The molecule has 0 saturated heterocycles. The topological polar surface area (TPSA) is 46.5 Å². The summed E-state index contributed by atoms with van der Waals surface area (Å²) in [5.41, 5.74) is 0.227. The van der Waals surface area contributed by atoms with Crippen LogP contribution in [0.5, 0.6) is 5.75 Å². The molecule has 0 aliphatic heterocycles. The number of aliphatic carboxylic acids is 1. The number of carboxylic acids is 1. The summed E-state index contributed by atoms with van der Waals surface area (Å²) >= 11 is 11.6.